The molecular weight excluding hydrogens is 284 g/mol. The number of hydrogen-bond donors (Lipinski definition) is 1. The van der Waals surface area contributed by atoms with Crippen LogP contribution in [-0.2, 0) is 5.60 Å². The van der Waals surface area contributed by atoms with Crippen LogP contribution in [0.3, 0.4) is 0 Å². The van der Waals surface area contributed by atoms with Crippen molar-refractivity contribution in [3.05, 3.63) is 42.4 Å². The molecule has 3 heterocycles. The summed E-state index contributed by atoms with van der Waals surface area (Å²) >= 11 is 1.50. The standard InChI is InChI=1S/C15H16N4OS/c1-15(2,20)10-5-4-8-19-12(9-17-13(10)19)11-6-7-16-14(18-11)21-3/h4-9,20H,1-3H3. The third-order valence-corrected chi connectivity index (χ3v) is 3.84. The monoisotopic (exact) mass is 300 g/mol. The molecule has 0 aromatic carbocycles. The fraction of sp³-hybridized carbons (Fsp3) is 0.267. The van der Waals surface area contributed by atoms with Gasteiger partial charge in [0.15, 0.2) is 5.16 Å². The molecule has 0 amide bonds. The molecule has 0 atom stereocenters. The van der Waals surface area contributed by atoms with E-state index in [4.69, 9.17) is 0 Å². The van der Waals surface area contributed by atoms with Crippen LogP contribution in [0.2, 0.25) is 0 Å². The molecule has 1 N–H and O–H groups in total. The molecule has 0 aliphatic heterocycles. The lowest BCUT2D eigenvalue weighted by Crippen LogP contribution is -2.17. The number of nitrogens with zero attached hydrogens (tertiary/aromatic N) is 4. The second kappa shape index (κ2) is 5.13. The Morgan fingerprint density at radius 3 is 2.76 bits per heavy atom. The Morgan fingerprint density at radius 1 is 1.24 bits per heavy atom. The molecule has 0 spiro atoms. The van der Waals surface area contributed by atoms with E-state index in [0.717, 1.165) is 27.8 Å². The second-order valence-electron chi connectivity index (χ2n) is 5.25. The molecule has 0 unspecified atom stereocenters. The largest absolute Gasteiger partial charge is 0.386 e. The quantitative estimate of drug-likeness (QED) is 0.595. The molecule has 0 saturated heterocycles. The van der Waals surface area contributed by atoms with Crippen LogP contribution < -0.4 is 0 Å². The Bertz CT molecular complexity index is 792. The van der Waals surface area contributed by atoms with E-state index in [-0.39, 0.29) is 0 Å². The lowest BCUT2D eigenvalue weighted by Gasteiger charge is -2.18. The van der Waals surface area contributed by atoms with Crippen molar-refractivity contribution < 1.29 is 5.11 Å². The molecule has 5 nitrogen and oxygen atoms in total. The summed E-state index contributed by atoms with van der Waals surface area (Å²) in [7, 11) is 0. The summed E-state index contributed by atoms with van der Waals surface area (Å²) < 4.78 is 1.94. The van der Waals surface area contributed by atoms with Crippen molar-refractivity contribution >= 4 is 17.4 Å². The summed E-state index contributed by atoms with van der Waals surface area (Å²) in [4.78, 5) is 13.1. The van der Waals surface area contributed by atoms with Crippen molar-refractivity contribution in [1.29, 1.82) is 0 Å². The van der Waals surface area contributed by atoms with Crippen molar-refractivity contribution in [1.82, 2.24) is 19.4 Å². The van der Waals surface area contributed by atoms with E-state index in [0.29, 0.717) is 0 Å². The first-order valence-corrected chi connectivity index (χ1v) is 7.79. The normalized spacial score (nSPS) is 12.0. The van der Waals surface area contributed by atoms with Gasteiger partial charge in [0, 0.05) is 18.0 Å². The number of hydrogen-bond acceptors (Lipinski definition) is 5. The van der Waals surface area contributed by atoms with Gasteiger partial charge in [-0.2, -0.15) is 0 Å². The molecule has 3 rings (SSSR count). The minimum Gasteiger partial charge on any atom is -0.386 e. The maximum atomic E-state index is 10.3. The molecule has 0 aliphatic rings. The molecule has 0 fully saturated rings. The molecule has 0 bridgehead atoms. The summed E-state index contributed by atoms with van der Waals surface area (Å²) in [5.74, 6) is 0. The van der Waals surface area contributed by atoms with Gasteiger partial charge in [-0.05, 0) is 32.2 Å². The van der Waals surface area contributed by atoms with Crippen LogP contribution in [0.25, 0.3) is 17.0 Å². The van der Waals surface area contributed by atoms with E-state index in [1.165, 1.54) is 11.8 Å². The van der Waals surface area contributed by atoms with Gasteiger partial charge >= 0.3 is 0 Å². The fourth-order valence-corrected chi connectivity index (χ4v) is 2.62. The zero-order chi connectivity index (χ0) is 15.0. The predicted molar refractivity (Wildman–Crippen MR) is 83.2 cm³/mol. The third kappa shape index (κ3) is 2.52. The first-order valence-electron chi connectivity index (χ1n) is 6.57. The van der Waals surface area contributed by atoms with Crippen LogP contribution in [-0.4, -0.2) is 30.7 Å². The Labute approximate surface area is 127 Å². The van der Waals surface area contributed by atoms with Crippen LogP contribution in [0.15, 0.2) is 41.9 Å². The van der Waals surface area contributed by atoms with Crippen molar-refractivity contribution in [3.8, 4) is 11.4 Å². The van der Waals surface area contributed by atoms with E-state index in [1.54, 1.807) is 26.2 Å². The van der Waals surface area contributed by atoms with Gasteiger partial charge in [-0.1, -0.05) is 17.8 Å². The van der Waals surface area contributed by atoms with Gasteiger partial charge < -0.3 is 5.11 Å². The van der Waals surface area contributed by atoms with Crippen LogP contribution in [0.1, 0.15) is 19.4 Å². The predicted octanol–water partition coefficient (Wildman–Crippen LogP) is 2.74. The van der Waals surface area contributed by atoms with Gasteiger partial charge in [-0.15, -0.1) is 0 Å². The number of thioether (sulfide) groups is 1. The van der Waals surface area contributed by atoms with Crippen molar-refractivity contribution in [3.63, 3.8) is 0 Å². The molecule has 3 aromatic rings. The van der Waals surface area contributed by atoms with E-state index in [2.05, 4.69) is 15.0 Å². The molecule has 0 radical (unpaired) electrons. The zero-order valence-electron chi connectivity index (χ0n) is 12.1. The molecule has 3 aromatic heterocycles. The Balaban J connectivity index is 2.21. The van der Waals surface area contributed by atoms with Gasteiger partial charge in [-0.3, -0.25) is 4.40 Å². The van der Waals surface area contributed by atoms with Crippen LogP contribution in [0.5, 0.6) is 0 Å². The highest BCUT2D eigenvalue weighted by molar-refractivity contribution is 7.98. The first-order chi connectivity index (χ1) is 10.0. The molecular formula is C15H16N4OS. The van der Waals surface area contributed by atoms with E-state index < -0.39 is 5.60 Å². The van der Waals surface area contributed by atoms with E-state index in [9.17, 15) is 5.11 Å². The van der Waals surface area contributed by atoms with Crippen molar-refractivity contribution in [2.75, 3.05) is 6.26 Å². The van der Waals surface area contributed by atoms with Gasteiger partial charge in [0.1, 0.15) is 5.65 Å². The van der Waals surface area contributed by atoms with E-state index in [1.807, 2.05) is 35.1 Å². The van der Waals surface area contributed by atoms with Crippen LogP contribution >= 0.6 is 11.8 Å². The molecule has 6 heteroatoms. The van der Waals surface area contributed by atoms with Crippen molar-refractivity contribution in [2.24, 2.45) is 0 Å². The van der Waals surface area contributed by atoms with Crippen molar-refractivity contribution in [2.45, 2.75) is 24.6 Å². The lowest BCUT2D eigenvalue weighted by atomic mass is 10.00. The first kappa shape index (κ1) is 14.0. The summed E-state index contributed by atoms with van der Waals surface area (Å²) in [6.07, 6.45) is 7.39. The third-order valence-electron chi connectivity index (χ3n) is 3.27. The van der Waals surface area contributed by atoms with Gasteiger partial charge in [0.2, 0.25) is 0 Å². The minimum absolute atomic E-state index is 0.723. The molecule has 0 saturated carbocycles. The summed E-state index contributed by atoms with van der Waals surface area (Å²) in [6, 6.07) is 5.65. The highest BCUT2D eigenvalue weighted by atomic mass is 32.2. The smallest absolute Gasteiger partial charge is 0.187 e. The highest BCUT2D eigenvalue weighted by Gasteiger charge is 2.21. The molecule has 108 valence electrons. The zero-order valence-corrected chi connectivity index (χ0v) is 12.9. The van der Waals surface area contributed by atoms with Gasteiger partial charge in [0.05, 0.1) is 23.2 Å². The maximum Gasteiger partial charge on any atom is 0.187 e. The van der Waals surface area contributed by atoms with Gasteiger partial charge in [0.25, 0.3) is 0 Å². The molecule has 0 aliphatic carbocycles. The summed E-state index contributed by atoms with van der Waals surface area (Å²) in [5, 5.41) is 11.0. The Morgan fingerprint density at radius 2 is 2.05 bits per heavy atom. The SMILES string of the molecule is CSc1nccc(-c2cnc3c(C(C)(C)O)cccn23)n1. The lowest BCUT2D eigenvalue weighted by molar-refractivity contribution is 0.0796. The summed E-state index contributed by atoms with van der Waals surface area (Å²) in [6.45, 7) is 3.51. The van der Waals surface area contributed by atoms with Crippen LogP contribution in [0.4, 0.5) is 0 Å². The number of aliphatic hydroxyl groups is 1. The number of fused-ring (bicyclic) bond motifs is 1. The van der Waals surface area contributed by atoms with Crippen LogP contribution in [0, 0.1) is 0 Å². The Hall–Kier alpha value is -1.92. The second-order valence-corrected chi connectivity index (χ2v) is 6.02. The molecule has 21 heavy (non-hydrogen) atoms. The topological polar surface area (TPSA) is 63.3 Å². The minimum atomic E-state index is -0.943. The number of pyridine rings is 1. The highest BCUT2D eigenvalue weighted by Crippen LogP contribution is 2.27. The fourth-order valence-electron chi connectivity index (χ4n) is 2.26. The van der Waals surface area contributed by atoms with Gasteiger partial charge in [-0.25, -0.2) is 15.0 Å². The number of aromatic nitrogens is 4. The van der Waals surface area contributed by atoms with E-state index >= 15 is 0 Å². The average molecular weight is 300 g/mol. The average Bonchev–Trinajstić information content (AvgIpc) is 2.90. The number of imidazole rings is 1. The summed E-state index contributed by atoms with van der Waals surface area (Å²) in [5.41, 5.74) is 2.28. The number of rotatable bonds is 3. The Kier molecular flexibility index (Phi) is 3.43. The maximum absolute atomic E-state index is 10.3.